The number of hydrogen-bond donors (Lipinski definition) is 3. The lowest BCUT2D eigenvalue weighted by Crippen LogP contribution is -2.13. The number of carbonyl (C=O) groups is 2. The standard InChI is InChI=1S/C11H11N5O2/c1-7(17)13-8-3-2-4-9(5-8)14-11(18)10-6-12-16-15-10/h2-6H,1H3,(H,13,17)(H,14,18)(H,12,15,16). The van der Waals surface area contributed by atoms with Crippen LogP contribution in [-0.4, -0.2) is 27.2 Å². The second-order valence-electron chi connectivity index (χ2n) is 3.57. The van der Waals surface area contributed by atoms with Crippen molar-refractivity contribution in [2.75, 3.05) is 10.6 Å². The molecule has 7 heteroatoms. The molecule has 0 aliphatic heterocycles. The second-order valence-corrected chi connectivity index (χ2v) is 3.57. The number of benzene rings is 1. The second kappa shape index (κ2) is 5.09. The predicted octanol–water partition coefficient (Wildman–Crippen LogP) is 1.02. The van der Waals surface area contributed by atoms with Crippen LogP contribution in [0.3, 0.4) is 0 Å². The summed E-state index contributed by atoms with van der Waals surface area (Å²) in [6.45, 7) is 1.42. The highest BCUT2D eigenvalue weighted by Crippen LogP contribution is 2.15. The van der Waals surface area contributed by atoms with E-state index >= 15 is 0 Å². The molecule has 0 radical (unpaired) electrons. The van der Waals surface area contributed by atoms with Crippen LogP contribution in [0.15, 0.2) is 30.5 Å². The summed E-state index contributed by atoms with van der Waals surface area (Å²) >= 11 is 0. The van der Waals surface area contributed by atoms with E-state index in [1.54, 1.807) is 24.3 Å². The summed E-state index contributed by atoms with van der Waals surface area (Å²) in [5.74, 6) is -0.543. The van der Waals surface area contributed by atoms with E-state index < -0.39 is 0 Å². The van der Waals surface area contributed by atoms with E-state index in [1.807, 2.05) is 0 Å². The molecule has 18 heavy (non-hydrogen) atoms. The lowest BCUT2D eigenvalue weighted by atomic mass is 10.2. The molecule has 0 saturated carbocycles. The number of nitrogens with zero attached hydrogens (tertiary/aromatic N) is 2. The summed E-state index contributed by atoms with van der Waals surface area (Å²) in [5.41, 5.74) is 1.37. The van der Waals surface area contributed by atoms with Crippen molar-refractivity contribution in [1.29, 1.82) is 0 Å². The number of rotatable bonds is 3. The van der Waals surface area contributed by atoms with Crippen LogP contribution in [0.4, 0.5) is 11.4 Å². The molecule has 0 aliphatic rings. The van der Waals surface area contributed by atoms with Crippen molar-refractivity contribution in [3.8, 4) is 0 Å². The number of carbonyl (C=O) groups excluding carboxylic acids is 2. The SMILES string of the molecule is CC(=O)Nc1cccc(NC(=O)c2cn[nH]n2)c1. The van der Waals surface area contributed by atoms with E-state index in [1.165, 1.54) is 13.1 Å². The number of hydrogen-bond acceptors (Lipinski definition) is 4. The van der Waals surface area contributed by atoms with E-state index in [0.29, 0.717) is 11.4 Å². The third-order valence-corrected chi connectivity index (χ3v) is 2.09. The third-order valence-electron chi connectivity index (χ3n) is 2.09. The highest BCUT2D eigenvalue weighted by atomic mass is 16.2. The van der Waals surface area contributed by atoms with Gasteiger partial charge < -0.3 is 10.6 Å². The predicted molar refractivity (Wildman–Crippen MR) is 65.1 cm³/mol. The Hall–Kier alpha value is -2.70. The minimum atomic E-state index is -0.372. The first kappa shape index (κ1) is 11.8. The molecule has 2 amide bonds. The smallest absolute Gasteiger partial charge is 0.277 e. The zero-order valence-corrected chi connectivity index (χ0v) is 9.60. The van der Waals surface area contributed by atoms with Gasteiger partial charge in [0.05, 0.1) is 6.20 Å². The first-order valence-corrected chi connectivity index (χ1v) is 5.20. The molecule has 92 valence electrons. The van der Waals surface area contributed by atoms with Gasteiger partial charge in [0.15, 0.2) is 5.69 Å². The lowest BCUT2D eigenvalue weighted by molar-refractivity contribution is -0.114. The maximum absolute atomic E-state index is 11.7. The normalized spacial score (nSPS) is 9.83. The summed E-state index contributed by atoms with van der Waals surface area (Å²) in [6.07, 6.45) is 1.33. The molecule has 0 atom stereocenters. The largest absolute Gasteiger partial charge is 0.326 e. The number of amides is 2. The van der Waals surface area contributed by atoms with Crippen LogP contribution in [0.2, 0.25) is 0 Å². The van der Waals surface area contributed by atoms with Crippen LogP contribution < -0.4 is 10.6 Å². The van der Waals surface area contributed by atoms with E-state index in [9.17, 15) is 9.59 Å². The number of nitrogens with one attached hydrogen (secondary N) is 3. The summed E-state index contributed by atoms with van der Waals surface area (Å²) < 4.78 is 0. The van der Waals surface area contributed by atoms with Crippen LogP contribution in [0.5, 0.6) is 0 Å². The molecule has 0 fully saturated rings. The molecule has 0 spiro atoms. The third kappa shape index (κ3) is 2.91. The van der Waals surface area contributed by atoms with Gasteiger partial charge in [-0.15, -0.1) is 0 Å². The fourth-order valence-electron chi connectivity index (χ4n) is 1.38. The summed E-state index contributed by atoms with van der Waals surface area (Å²) in [5, 5.41) is 14.8. The molecule has 1 aromatic heterocycles. The van der Waals surface area contributed by atoms with Gasteiger partial charge in [-0.1, -0.05) is 6.07 Å². The van der Waals surface area contributed by atoms with Crippen molar-refractivity contribution in [3.63, 3.8) is 0 Å². The lowest BCUT2D eigenvalue weighted by Gasteiger charge is -2.06. The zero-order chi connectivity index (χ0) is 13.0. The Kier molecular flexibility index (Phi) is 3.33. The highest BCUT2D eigenvalue weighted by molar-refractivity contribution is 6.03. The van der Waals surface area contributed by atoms with Gasteiger partial charge in [0, 0.05) is 18.3 Å². The van der Waals surface area contributed by atoms with E-state index in [2.05, 4.69) is 26.0 Å². The fourth-order valence-corrected chi connectivity index (χ4v) is 1.38. The summed E-state index contributed by atoms with van der Waals surface area (Å²) in [6, 6.07) is 6.82. The summed E-state index contributed by atoms with van der Waals surface area (Å²) in [4.78, 5) is 22.6. The Balaban J connectivity index is 2.10. The Morgan fingerprint density at radius 2 is 1.94 bits per heavy atom. The van der Waals surface area contributed by atoms with Gasteiger partial charge in [-0.25, -0.2) is 0 Å². The van der Waals surface area contributed by atoms with Crippen molar-refractivity contribution in [2.45, 2.75) is 6.92 Å². The van der Waals surface area contributed by atoms with E-state index in [-0.39, 0.29) is 17.5 Å². The van der Waals surface area contributed by atoms with Crippen molar-refractivity contribution >= 4 is 23.2 Å². The maximum Gasteiger partial charge on any atom is 0.277 e. The Morgan fingerprint density at radius 1 is 1.22 bits per heavy atom. The topological polar surface area (TPSA) is 99.8 Å². The number of aromatic nitrogens is 3. The van der Waals surface area contributed by atoms with Gasteiger partial charge in [0.1, 0.15) is 0 Å². The number of anilines is 2. The van der Waals surface area contributed by atoms with Crippen LogP contribution in [0.1, 0.15) is 17.4 Å². The van der Waals surface area contributed by atoms with Gasteiger partial charge in [-0.2, -0.15) is 15.4 Å². The fraction of sp³-hybridized carbons (Fsp3) is 0.0909. The van der Waals surface area contributed by atoms with Crippen LogP contribution >= 0.6 is 0 Å². The number of aromatic amines is 1. The molecule has 3 N–H and O–H groups in total. The Morgan fingerprint density at radius 3 is 2.56 bits per heavy atom. The average molecular weight is 245 g/mol. The van der Waals surface area contributed by atoms with E-state index in [4.69, 9.17) is 0 Å². The molecule has 0 bridgehead atoms. The molecule has 1 aromatic carbocycles. The van der Waals surface area contributed by atoms with Crippen molar-refractivity contribution in [3.05, 3.63) is 36.2 Å². The van der Waals surface area contributed by atoms with Crippen molar-refractivity contribution < 1.29 is 9.59 Å². The van der Waals surface area contributed by atoms with Crippen molar-refractivity contribution in [1.82, 2.24) is 15.4 Å². The molecule has 0 unspecified atom stereocenters. The van der Waals surface area contributed by atoms with Gasteiger partial charge in [-0.3, -0.25) is 9.59 Å². The monoisotopic (exact) mass is 245 g/mol. The molecule has 0 saturated heterocycles. The Labute approximate surface area is 103 Å². The maximum atomic E-state index is 11.7. The first-order valence-electron chi connectivity index (χ1n) is 5.20. The zero-order valence-electron chi connectivity index (χ0n) is 9.60. The Bertz CT molecular complexity index is 565. The molecule has 7 nitrogen and oxygen atoms in total. The van der Waals surface area contributed by atoms with E-state index in [0.717, 1.165) is 0 Å². The minimum Gasteiger partial charge on any atom is -0.326 e. The van der Waals surface area contributed by atoms with Crippen LogP contribution in [-0.2, 0) is 4.79 Å². The molecule has 1 heterocycles. The quantitative estimate of drug-likeness (QED) is 0.751. The van der Waals surface area contributed by atoms with Crippen LogP contribution in [0.25, 0.3) is 0 Å². The highest BCUT2D eigenvalue weighted by Gasteiger charge is 2.08. The van der Waals surface area contributed by atoms with Crippen molar-refractivity contribution in [2.24, 2.45) is 0 Å². The number of H-pyrrole nitrogens is 1. The van der Waals surface area contributed by atoms with Gasteiger partial charge in [0.25, 0.3) is 5.91 Å². The molecule has 0 aliphatic carbocycles. The molecular weight excluding hydrogens is 234 g/mol. The first-order chi connectivity index (χ1) is 8.65. The molecular formula is C11H11N5O2. The average Bonchev–Trinajstić information content (AvgIpc) is 2.81. The van der Waals surface area contributed by atoms with Gasteiger partial charge >= 0.3 is 0 Å². The molecule has 2 rings (SSSR count). The van der Waals surface area contributed by atoms with Gasteiger partial charge in [0.2, 0.25) is 5.91 Å². The minimum absolute atomic E-state index is 0.171. The van der Waals surface area contributed by atoms with Crippen LogP contribution in [0, 0.1) is 0 Å². The summed E-state index contributed by atoms with van der Waals surface area (Å²) in [7, 11) is 0. The molecule has 2 aromatic rings. The van der Waals surface area contributed by atoms with Gasteiger partial charge in [-0.05, 0) is 18.2 Å².